The Labute approximate surface area is 273 Å². The Morgan fingerprint density at radius 1 is 0.870 bits per heavy atom. The fourth-order valence-corrected chi connectivity index (χ4v) is 6.22. The summed E-state index contributed by atoms with van der Waals surface area (Å²) in [5, 5.41) is 4.44. The molecule has 2 aliphatic rings. The highest BCUT2D eigenvalue weighted by atomic mass is 16.7. The predicted octanol–water partition coefficient (Wildman–Crippen LogP) is 8.28. The number of carbonyl (C=O) groups excluding carboxylic acids is 1. The van der Waals surface area contributed by atoms with Gasteiger partial charge in [-0.15, -0.1) is 0 Å². The summed E-state index contributed by atoms with van der Waals surface area (Å²) < 4.78 is 24.1. The first-order valence-electron chi connectivity index (χ1n) is 16.6. The van der Waals surface area contributed by atoms with E-state index >= 15 is 0 Å². The molecule has 1 unspecified atom stereocenters. The lowest BCUT2D eigenvalue weighted by Gasteiger charge is -2.28. The number of methoxy groups -OCH3 is 1. The minimum Gasteiger partial charge on any atom is -0.469 e. The molecule has 1 aliphatic heterocycles. The molecule has 0 spiro atoms. The second kappa shape index (κ2) is 18.4. The molecule has 3 aromatic carbocycles. The van der Waals surface area contributed by atoms with Crippen LogP contribution >= 0.6 is 0 Å². The zero-order chi connectivity index (χ0) is 31.8. The molecule has 7 nitrogen and oxygen atoms in total. The predicted molar refractivity (Wildman–Crippen MR) is 180 cm³/mol. The van der Waals surface area contributed by atoms with E-state index in [0.717, 1.165) is 62.7 Å². The largest absolute Gasteiger partial charge is 0.469 e. The van der Waals surface area contributed by atoms with Gasteiger partial charge in [0, 0.05) is 31.6 Å². The molecule has 0 radical (unpaired) electrons. The summed E-state index contributed by atoms with van der Waals surface area (Å²) in [6.07, 6.45) is 12.6. The summed E-state index contributed by atoms with van der Waals surface area (Å²) in [4.78, 5) is 17.3. The number of oxime groups is 1. The van der Waals surface area contributed by atoms with E-state index in [-0.39, 0.29) is 36.3 Å². The summed E-state index contributed by atoms with van der Waals surface area (Å²) in [6, 6.07) is 29.1. The molecule has 0 amide bonds. The van der Waals surface area contributed by atoms with Crippen molar-refractivity contribution in [1.29, 1.82) is 0 Å². The Morgan fingerprint density at radius 3 is 2.35 bits per heavy atom. The third kappa shape index (κ3) is 10.4. The van der Waals surface area contributed by atoms with Crippen molar-refractivity contribution in [2.75, 3.05) is 13.7 Å². The fourth-order valence-electron chi connectivity index (χ4n) is 6.22. The molecule has 0 N–H and O–H groups in total. The van der Waals surface area contributed by atoms with E-state index in [0.29, 0.717) is 19.6 Å². The molecular weight excluding hydrogens is 578 g/mol. The third-order valence-electron chi connectivity index (χ3n) is 8.79. The Bertz CT molecular complexity index is 1350. The number of allylic oxidation sites excluding steroid dienone is 2. The van der Waals surface area contributed by atoms with Crippen molar-refractivity contribution in [3.8, 4) is 11.1 Å². The van der Waals surface area contributed by atoms with Gasteiger partial charge in [0.05, 0.1) is 25.9 Å². The van der Waals surface area contributed by atoms with Crippen LogP contribution in [0.15, 0.2) is 102 Å². The molecule has 1 saturated heterocycles. The van der Waals surface area contributed by atoms with Crippen LogP contribution in [-0.4, -0.2) is 44.4 Å². The van der Waals surface area contributed by atoms with Crippen LogP contribution < -0.4 is 0 Å². The Hall–Kier alpha value is -3.78. The zero-order valence-corrected chi connectivity index (χ0v) is 26.9. The second-order valence-electron chi connectivity index (χ2n) is 12.0. The molecule has 2 fully saturated rings. The van der Waals surface area contributed by atoms with E-state index in [9.17, 15) is 4.79 Å². The molecular formula is C39H47NO6. The Kier molecular flexibility index (Phi) is 13.4. The first-order valence-corrected chi connectivity index (χ1v) is 16.6. The van der Waals surface area contributed by atoms with Crippen LogP contribution in [0.2, 0.25) is 0 Å². The maximum Gasteiger partial charge on any atom is 0.305 e. The molecule has 3 aromatic rings. The molecule has 46 heavy (non-hydrogen) atoms. The van der Waals surface area contributed by atoms with Crippen LogP contribution in [0.4, 0.5) is 0 Å². The minimum atomic E-state index is -0.210. The van der Waals surface area contributed by atoms with Gasteiger partial charge in [-0.2, -0.15) is 0 Å². The number of hydrogen-bond acceptors (Lipinski definition) is 7. The van der Waals surface area contributed by atoms with Gasteiger partial charge in [0.25, 0.3) is 0 Å². The molecule has 1 aliphatic carbocycles. The lowest BCUT2D eigenvalue weighted by Crippen LogP contribution is -2.32. The third-order valence-corrected chi connectivity index (χ3v) is 8.79. The van der Waals surface area contributed by atoms with Gasteiger partial charge in [0.15, 0.2) is 6.29 Å². The highest BCUT2D eigenvalue weighted by Gasteiger charge is 2.44. The van der Waals surface area contributed by atoms with Crippen LogP contribution in [0.5, 0.6) is 0 Å². The first kappa shape index (κ1) is 33.6. The summed E-state index contributed by atoms with van der Waals surface area (Å²) in [5.41, 5.74) is 4.59. The lowest BCUT2D eigenvalue weighted by atomic mass is 9.91. The topological polar surface area (TPSA) is 75.6 Å². The summed E-state index contributed by atoms with van der Waals surface area (Å²) in [6.45, 7) is 1.65. The average Bonchev–Trinajstić information content (AvgIpc) is 3.43. The van der Waals surface area contributed by atoms with Crippen molar-refractivity contribution in [2.45, 2.75) is 83.1 Å². The van der Waals surface area contributed by atoms with Crippen LogP contribution in [0.1, 0.15) is 62.5 Å². The average molecular weight is 626 g/mol. The SMILES string of the molecule is COC(=O)CCC/C=C\C[C@@H]1[C@@H](C=NOCc2ccccc2)[C@H](OC2CCCCO2)C[C@@H]1OCc1ccc(-c2ccccc2)cc1. The number of nitrogens with zero attached hydrogens (tertiary/aromatic N) is 1. The van der Waals surface area contributed by atoms with Crippen molar-refractivity contribution in [3.63, 3.8) is 0 Å². The normalized spacial score (nSPS) is 23.2. The van der Waals surface area contributed by atoms with Gasteiger partial charge in [0.2, 0.25) is 0 Å². The molecule has 5 rings (SSSR count). The van der Waals surface area contributed by atoms with Gasteiger partial charge >= 0.3 is 5.97 Å². The quantitative estimate of drug-likeness (QED) is 0.0524. The number of esters is 1. The summed E-state index contributed by atoms with van der Waals surface area (Å²) in [7, 11) is 1.43. The highest BCUT2D eigenvalue weighted by molar-refractivity contribution is 5.69. The van der Waals surface area contributed by atoms with Crippen LogP contribution in [0.25, 0.3) is 11.1 Å². The number of carbonyl (C=O) groups is 1. The maximum absolute atomic E-state index is 11.5. The van der Waals surface area contributed by atoms with Gasteiger partial charge in [-0.05, 0) is 66.7 Å². The Morgan fingerprint density at radius 2 is 1.61 bits per heavy atom. The minimum absolute atomic E-state index is 0.00789. The standard InChI is InChI=1S/C39H47NO6/c1-42-38(41)19-11-3-2-10-18-34-35(27-40-45-29-30-14-6-4-7-15-30)37(46-39-20-12-13-25-43-39)26-36(34)44-28-31-21-23-33(24-22-31)32-16-8-5-9-17-32/h2,4-10,14-17,21-24,27,34-37,39H,3,11-13,18-20,25-26,28-29H2,1H3/b10-2-,40-27?/t34-,35-,36+,37-,39?/m1/s1. The number of ether oxygens (including phenoxy) is 4. The highest BCUT2D eigenvalue weighted by Crippen LogP contribution is 2.40. The van der Waals surface area contributed by atoms with E-state index in [1.807, 2.05) is 42.6 Å². The molecule has 0 aromatic heterocycles. The van der Waals surface area contributed by atoms with Crippen molar-refractivity contribution < 1.29 is 28.6 Å². The fraction of sp³-hybridized carbons (Fsp3) is 0.436. The van der Waals surface area contributed by atoms with Crippen molar-refractivity contribution in [2.24, 2.45) is 17.0 Å². The first-order chi connectivity index (χ1) is 22.7. The zero-order valence-electron chi connectivity index (χ0n) is 26.9. The number of hydrogen-bond donors (Lipinski definition) is 0. The van der Waals surface area contributed by atoms with E-state index in [1.165, 1.54) is 18.2 Å². The molecule has 7 heteroatoms. The number of rotatable bonds is 16. The monoisotopic (exact) mass is 625 g/mol. The van der Waals surface area contributed by atoms with Gasteiger partial charge in [-0.1, -0.05) is 102 Å². The van der Waals surface area contributed by atoms with Crippen LogP contribution in [0.3, 0.4) is 0 Å². The smallest absolute Gasteiger partial charge is 0.305 e. The number of benzene rings is 3. The Balaban J connectivity index is 1.28. The summed E-state index contributed by atoms with van der Waals surface area (Å²) >= 11 is 0. The maximum atomic E-state index is 11.5. The molecule has 0 bridgehead atoms. The van der Waals surface area contributed by atoms with E-state index in [4.69, 9.17) is 23.8 Å². The lowest BCUT2D eigenvalue weighted by molar-refractivity contribution is -0.192. The van der Waals surface area contributed by atoms with Crippen LogP contribution in [-0.2, 0) is 41.8 Å². The van der Waals surface area contributed by atoms with E-state index in [2.05, 4.69) is 65.8 Å². The summed E-state index contributed by atoms with van der Waals surface area (Å²) in [5.74, 6) is -0.0456. The van der Waals surface area contributed by atoms with Crippen molar-refractivity contribution >= 4 is 12.2 Å². The van der Waals surface area contributed by atoms with Crippen molar-refractivity contribution in [1.82, 2.24) is 0 Å². The van der Waals surface area contributed by atoms with Crippen LogP contribution in [0, 0.1) is 11.8 Å². The number of unbranched alkanes of at least 4 members (excludes halogenated alkanes) is 1. The molecule has 5 atom stereocenters. The van der Waals surface area contributed by atoms with Gasteiger partial charge < -0.3 is 23.8 Å². The van der Waals surface area contributed by atoms with Crippen molar-refractivity contribution in [3.05, 3.63) is 108 Å². The van der Waals surface area contributed by atoms with E-state index in [1.54, 1.807) is 0 Å². The molecule has 1 saturated carbocycles. The molecule has 1 heterocycles. The van der Waals surface area contributed by atoms with Gasteiger partial charge in [-0.25, -0.2) is 0 Å². The van der Waals surface area contributed by atoms with Gasteiger partial charge in [0.1, 0.15) is 6.61 Å². The van der Waals surface area contributed by atoms with E-state index < -0.39 is 0 Å². The molecule has 244 valence electrons. The second-order valence-corrected chi connectivity index (χ2v) is 12.0. The van der Waals surface area contributed by atoms with Gasteiger partial charge in [-0.3, -0.25) is 4.79 Å².